The van der Waals surface area contributed by atoms with Crippen molar-refractivity contribution in [3.05, 3.63) is 81.6 Å². The Labute approximate surface area is 146 Å². The molecule has 0 nitrogen and oxygen atoms in total. The Morgan fingerprint density at radius 2 is 1.78 bits per heavy atom. The Kier molecular flexibility index (Phi) is 4.12. The highest BCUT2D eigenvalue weighted by Crippen LogP contribution is 2.40. The lowest BCUT2D eigenvalue weighted by Gasteiger charge is -2.03. The van der Waals surface area contributed by atoms with E-state index in [0.717, 1.165) is 12.0 Å². The number of benzene rings is 1. The summed E-state index contributed by atoms with van der Waals surface area (Å²) < 4.78 is 13.2. The molecule has 0 aliphatic carbocycles. The summed E-state index contributed by atoms with van der Waals surface area (Å²) in [7, 11) is 0. The van der Waals surface area contributed by atoms with Crippen molar-refractivity contribution in [2.75, 3.05) is 0 Å². The summed E-state index contributed by atoms with van der Waals surface area (Å²) in [5, 5.41) is 6.40. The van der Waals surface area contributed by atoms with E-state index in [4.69, 9.17) is 0 Å². The first-order valence-corrected chi connectivity index (χ1v) is 9.87. The van der Waals surface area contributed by atoms with Gasteiger partial charge >= 0.3 is 0 Å². The van der Waals surface area contributed by atoms with Gasteiger partial charge in [0.15, 0.2) is 0 Å². The van der Waals surface area contributed by atoms with Gasteiger partial charge in [-0.25, -0.2) is 4.39 Å². The molecule has 0 N–H and O–H groups in total. The van der Waals surface area contributed by atoms with Crippen molar-refractivity contribution in [3.63, 3.8) is 0 Å². The molecule has 0 radical (unpaired) electrons. The number of thiophene rings is 3. The minimum Gasteiger partial charge on any atom is -0.207 e. The summed E-state index contributed by atoms with van der Waals surface area (Å²) in [4.78, 5) is 3.80. The van der Waals surface area contributed by atoms with Gasteiger partial charge in [0.05, 0.1) is 0 Å². The fourth-order valence-corrected chi connectivity index (χ4v) is 5.24. The normalized spacial score (nSPS) is 11.0. The molecule has 23 heavy (non-hydrogen) atoms. The molecule has 4 heteroatoms. The second-order valence-electron chi connectivity index (χ2n) is 5.26. The van der Waals surface area contributed by atoms with Gasteiger partial charge in [0.1, 0.15) is 5.82 Å². The zero-order chi connectivity index (χ0) is 15.6. The van der Waals surface area contributed by atoms with Crippen molar-refractivity contribution in [2.45, 2.75) is 6.42 Å². The van der Waals surface area contributed by atoms with Crippen LogP contribution in [0.15, 0.2) is 64.7 Å². The first-order chi connectivity index (χ1) is 11.3. The number of rotatable bonds is 4. The molecule has 1 aromatic carbocycles. The van der Waals surface area contributed by atoms with Gasteiger partial charge in [-0.15, -0.1) is 22.7 Å². The second kappa shape index (κ2) is 6.40. The first kappa shape index (κ1) is 14.8. The molecule has 0 amide bonds. The molecular weight excluding hydrogens is 343 g/mol. The minimum absolute atomic E-state index is 0.192. The maximum Gasteiger partial charge on any atom is 0.123 e. The van der Waals surface area contributed by atoms with Gasteiger partial charge in [0, 0.05) is 14.6 Å². The molecule has 0 bridgehead atoms. The van der Waals surface area contributed by atoms with Crippen LogP contribution in [0.25, 0.3) is 20.2 Å². The standard InChI is InChI=1S/C19H13FS3/c20-16-5-3-14(4-6-16)19-15(10-13-7-9-21-12-13)11-18(23-19)17-2-1-8-22-17/h1-9,11-12H,10H2. The molecule has 4 rings (SSSR count). The largest absolute Gasteiger partial charge is 0.207 e. The van der Waals surface area contributed by atoms with E-state index in [2.05, 4.69) is 40.4 Å². The average Bonchev–Trinajstić information content (AvgIpc) is 3.30. The minimum atomic E-state index is -0.192. The Morgan fingerprint density at radius 1 is 0.913 bits per heavy atom. The van der Waals surface area contributed by atoms with Crippen LogP contribution < -0.4 is 0 Å². The van der Waals surface area contributed by atoms with Crippen LogP contribution in [0.5, 0.6) is 0 Å². The second-order valence-corrected chi connectivity index (χ2v) is 8.04. The Balaban J connectivity index is 1.80. The van der Waals surface area contributed by atoms with E-state index < -0.39 is 0 Å². The van der Waals surface area contributed by atoms with Gasteiger partial charge in [-0.3, -0.25) is 0 Å². The highest BCUT2D eigenvalue weighted by Gasteiger charge is 2.14. The maximum atomic E-state index is 13.2. The van der Waals surface area contributed by atoms with Crippen LogP contribution in [-0.4, -0.2) is 0 Å². The van der Waals surface area contributed by atoms with Crippen LogP contribution in [-0.2, 0) is 6.42 Å². The van der Waals surface area contributed by atoms with E-state index >= 15 is 0 Å². The average molecular weight is 357 g/mol. The molecule has 0 fully saturated rings. The Bertz CT molecular complexity index is 885. The third kappa shape index (κ3) is 3.15. The molecule has 0 aliphatic heterocycles. The lowest BCUT2D eigenvalue weighted by molar-refractivity contribution is 0.628. The topological polar surface area (TPSA) is 0 Å². The van der Waals surface area contributed by atoms with Gasteiger partial charge in [-0.2, -0.15) is 11.3 Å². The molecule has 0 saturated heterocycles. The predicted octanol–water partition coefficient (Wildman–Crippen LogP) is 6.94. The highest BCUT2D eigenvalue weighted by molar-refractivity contribution is 7.23. The Morgan fingerprint density at radius 3 is 2.48 bits per heavy atom. The van der Waals surface area contributed by atoms with Crippen LogP contribution in [0.2, 0.25) is 0 Å². The van der Waals surface area contributed by atoms with E-state index in [-0.39, 0.29) is 5.82 Å². The van der Waals surface area contributed by atoms with Crippen molar-refractivity contribution in [1.82, 2.24) is 0 Å². The van der Waals surface area contributed by atoms with Gasteiger partial charge in [-0.05, 0) is 69.6 Å². The van der Waals surface area contributed by atoms with Crippen LogP contribution in [0.4, 0.5) is 4.39 Å². The molecular formula is C19H13FS3. The van der Waals surface area contributed by atoms with Gasteiger partial charge < -0.3 is 0 Å². The number of halogens is 1. The third-order valence-corrected chi connectivity index (χ3v) is 6.68. The third-order valence-electron chi connectivity index (χ3n) is 3.65. The molecule has 114 valence electrons. The molecule has 3 heterocycles. The van der Waals surface area contributed by atoms with Crippen molar-refractivity contribution >= 4 is 34.0 Å². The smallest absolute Gasteiger partial charge is 0.123 e. The zero-order valence-electron chi connectivity index (χ0n) is 12.2. The van der Waals surface area contributed by atoms with E-state index in [1.165, 1.54) is 37.9 Å². The van der Waals surface area contributed by atoms with Crippen LogP contribution >= 0.6 is 34.0 Å². The Hall–Kier alpha value is -1.75. The summed E-state index contributed by atoms with van der Waals surface area (Å²) >= 11 is 5.27. The maximum absolute atomic E-state index is 13.2. The summed E-state index contributed by atoms with van der Waals surface area (Å²) in [6.45, 7) is 0. The highest BCUT2D eigenvalue weighted by atomic mass is 32.1. The van der Waals surface area contributed by atoms with E-state index in [9.17, 15) is 4.39 Å². The zero-order valence-corrected chi connectivity index (χ0v) is 14.6. The van der Waals surface area contributed by atoms with Crippen LogP contribution in [0, 0.1) is 5.82 Å². The lowest BCUT2D eigenvalue weighted by atomic mass is 10.0. The van der Waals surface area contributed by atoms with Gasteiger partial charge in [0.2, 0.25) is 0 Å². The van der Waals surface area contributed by atoms with E-state index in [1.807, 2.05) is 12.1 Å². The van der Waals surface area contributed by atoms with Gasteiger partial charge in [-0.1, -0.05) is 18.2 Å². The number of hydrogen-bond acceptors (Lipinski definition) is 3. The van der Waals surface area contributed by atoms with E-state index in [1.54, 1.807) is 34.0 Å². The molecule has 0 unspecified atom stereocenters. The van der Waals surface area contributed by atoms with Crippen molar-refractivity contribution in [2.24, 2.45) is 0 Å². The van der Waals surface area contributed by atoms with Crippen molar-refractivity contribution < 1.29 is 4.39 Å². The monoisotopic (exact) mass is 356 g/mol. The molecule has 4 aromatic rings. The first-order valence-electron chi connectivity index (χ1n) is 7.23. The lowest BCUT2D eigenvalue weighted by Crippen LogP contribution is -1.86. The van der Waals surface area contributed by atoms with E-state index in [0.29, 0.717) is 0 Å². The van der Waals surface area contributed by atoms with Crippen molar-refractivity contribution in [3.8, 4) is 20.2 Å². The van der Waals surface area contributed by atoms with Crippen LogP contribution in [0.1, 0.15) is 11.1 Å². The number of hydrogen-bond donors (Lipinski definition) is 0. The van der Waals surface area contributed by atoms with Gasteiger partial charge in [0.25, 0.3) is 0 Å². The molecule has 0 aliphatic rings. The summed E-state index contributed by atoms with van der Waals surface area (Å²) in [6.07, 6.45) is 0.915. The quantitative estimate of drug-likeness (QED) is 0.372. The van der Waals surface area contributed by atoms with Crippen molar-refractivity contribution in [1.29, 1.82) is 0 Å². The van der Waals surface area contributed by atoms with Crippen LogP contribution in [0.3, 0.4) is 0 Å². The SMILES string of the molecule is Fc1ccc(-c2sc(-c3cccs3)cc2Cc2ccsc2)cc1. The summed E-state index contributed by atoms with van der Waals surface area (Å²) in [5.74, 6) is -0.192. The molecule has 0 spiro atoms. The molecule has 0 saturated carbocycles. The molecule has 0 atom stereocenters. The summed E-state index contributed by atoms with van der Waals surface area (Å²) in [6, 6.07) is 15.5. The molecule has 3 aromatic heterocycles. The predicted molar refractivity (Wildman–Crippen MR) is 100 cm³/mol. The fourth-order valence-electron chi connectivity index (χ4n) is 2.56. The fraction of sp³-hybridized carbons (Fsp3) is 0.0526. The summed E-state index contributed by atoms with van der Waals surface area (Å²) in [5.41, 5.74) is 3.72.